The van der Waals surface area contributed by atoms with Gasteiger partial charge in [-0.3, -0.25) is 4.79 Å². The molecule has 112 valence electrons. The van der Waals surface area contributed by atoms with Gasteiger partial charge in [-0.1, -0.05) is 12.1 Å². The summed E-state index contributed by atoms with van der Waals surface area (Å²) in [7, 11) is 1.61. The van der Waals surface area contributed by atoms with Gasteiger partial charge in [-0.15, -0.1) is 0 Å². The van der Waals surface area contributed by atoms with Crippen LogP contribution in [-0.4, -0.2) is 19.5 Å². The van der Waals surface area contributed by atoms with Gasteiger partial charge in [0.05, 0.1) is 19.3 Å². The van der Waals surface area contributed by atoms with E-state index in [1.165, 1.54) is 0 Å². The Morgan fingerprint density at radius 2 is 1.82 bits per heavy atom. The van der Waals surface area contributed by atoms with Crippen LogP contribution < -0.4 is 14.2 Å². The summed E-state index contributed by atoms with van der Waals surface area (Å²) in [6.07, 6.45) is 1.72. The van der Waals surface area contributed by atoms with Crippen molar-refractivity contribution in [2.75, 3.05) is 13.7 Å². The van der Waals surface area contributed by atoms with Crippen LogP contribution in [0, 0.1) is 0 Å². The predicted octanol–water partition coefficient (Wildman–Crippen LogP) is 3.71. The van der Waals surface area contributed by atoms with Crippen molar-refractivity contribution in [3.63, 3.8) is 0 Å². The van der Waals surface area contributed by atoms with Crippen LogP contribution in [0.4, 0.5) is 0 Å². The SMILES string of the molecule is CCOc1ccc2c(c1)O/C(=C/c1ccc(OC)cc1)C2=O. The van der Waals surface area contributed by atoms with Crippen LogP contribution >= 0.6 is 0 Å². The molecule has 4 nitrogen and oxygen atoms in total. The summed E-state index contributed by atoms with van der Waals surface area (Å²) >= 11 is 0. The first kappa shape index (κ1) is 14.2. The highest BCUT2D eigenvalue weighted by Gasteiger charge is 2.27. The summed E-state index contributed by atoms with van der Waals surface area (Å²) in [4.78, 5) is 12.3. The third-order valence-electron chi connectivity index (χ3n) is 3.37. The minimum Gasteiger partial charge on any atom is -0.497 e. The molecule has 0 N–H and O–H groups in total. The van der Waals surface area contributed by atoms with Crippen molar-refractivity contribution >= 4 is 11.9 Å². The number of allylic oxidation sites excluding steroid dienone is 1. The second kappa shape index (κ2) is 5.93. The van der Waals surface area contributed by atoms with Gasteiger partial charge in [0.15, 0.2) is 5.76 Å². The van der Waals surface area contributed by atoms with Crippen LogP contribution in [0.1, 0.15) is 22.8 Å². The average molecular weight is 296 g/mol. The molecular formula is C18H16O4. The second-order valence-electron chi connectivity index (χ2n) is 4.80. The number of benzene rings is 2. The monoisotopic (exact) mass is 296 g/mol. The van der Waals surface area contributed by atoms with Crippen LogP contribution in [0.5, 0.6) is 17.2 Å². The number of ether oxygens (including phenoxy) is 3. The molecule has 2 aromatic carbocycles. The molecule has 0 aliphatic carbocycles. The van der Waals surface area contributed by atoms with Gasteiger partial charge in [-0.25, -0.2) is 0 Å². The van der Waals surface area contributed by atoms with Crippen molar-refractivity contribution in [3.8, 4) is 17.2 Å². The van der Waals surface area contributed by atoms with Crippen molar-refractivity contribution in [2.45, 2.75) is 6.92 Å². The van der Waals surface area contributed by atoms with Crippen molar-refractivity contribution in [1.82, 2.24) is 0 Å². The Kier molecular flexibility index (Phi) is 3.83. The molecule has 0 atom stereocenters. The molecule has 0 radical (unpaired) electrons. The maximum atomic E-state index is 12.3. The fraction of sp³-hybridized carbons (Fsp3) is 0.167. The van der Waals surface area contributed by atoms with Gasteiger partial charge in [0, 0.05) is 6.07 Å². The zero-order valence-corrected chi connectivity index (χ0v) is 12.5. The Hall–Kier alpha value is -2.75. The van der Waals surface area contributed by atoms with Crippen LogP contribution in [0.25, 0.3) is 6.08 Å². The van der Waals surface area contributed by atoms with Gasteiger partial charge in [0.1, 0.15) is 17.2 Å². The topological polar surface area (TPSA) is 44.8 Å². The lowest BCUT2D eigenvalue weighted by Crippen LogP contribution is -1.98. The van der Waals surface area contributed by atoms with Crippen molar-refractivity contribution < 1.29 is 19.0 Å². The molecule has 1 aliphatic heterocycles. The first-order valence-corrected chi connectivity index (χ1v) is 7.06. The van der Waals surface area contributed by atoms with E-state index in [1.807, 2.05) is 31.2 Å². The van der Waals surface area contributed by atoms with Gasteiger partial charge >= 0.3 is 0 Å². The highest BCUT2D eigenvalue weighted by Crippen LogP contribution is 2.34. The van der Waals surface area contributed by atoms with Crippen molar-refractivity contribution in [3.05, 3.63) is 59.4 Å². The summed E-state index contributed by atoms with van der Waals surface area (Å²) in [6.45, 7) is 2.48. The Morgan fingerprint density at radius 3 is 2.50 bits per heavy atom. The Labute approximate surface area is 128 Å². The fourth-order valence-corrected chi connectivity index (χ4v) is 2.28. The first-order valence-electron chi connectivity index (χ1n) is 7.06. The molecule has 0 bridgehead atoms. The third-order valence-corrected chi connectivity index (χ3v) is 3.37. The van der Waals surface area contributed by atoms with Crippen LogP contribution in [0.15, 0.2) is 48.2 Å². The lowest BCUT2D eigenvalue weighted by molar-refractivity contribution is 0.101. The number of carbonyl (C=O) groups is 1. The van der Waals surface area contributed by atoms with Gasteiger partial charge in [-0.2, -0.15) is 0 Å². The molecule has 1 aliphatic rings. The van der Waals surface area contributed by atoms with E-state index < -0.39 is 0 Å². The van der Waals surface area contributed by atoms with E-state index in [0.29, 0.717) is 29.4 Å². The largest absolute Gasteiger partial charge is 0.497 e. The summed E-state index contributed by atoms with van der Waals surface area (Å²) in [5.74, 6) is 2.20. The molecule has 0 amide bonds. The van der Waals surface area contributed by atoms with E-state index >= 15 is 0 Å². The molecule has 0 fully saturated rings. The summed E-state index contributed by atoms with van der Waals surface area (Å²) < 4.78 is 16.2. The number of methoxy groups -OCH3 is 1. The third kappa shape index (κ3) is 2.68. The lowest BCUT2D eigenvalue weighted by Gasteiger charge is -2.04. The van der Waals surface area contributed by atoms with Crippen LogP contribution in [-0.2, 0) is 0 Å². The summed E-state index contributed by atoms with van der Waals surface area (Å²) in [5.41, 5.74) is 1.44. The number of Topliss-reactive ketones (excluding diaryl/α,β-unsaturated/α-hetero) is 1. The van der Waals surface area contributed by atoms with Crippen molar-refractivity contribution in [2.24, 2.45) is 0 Å². The van der Waals surface area contributed by atoms with Crippen LogP contribution in [0.2, 0.25) is 0 Å². The van der Waals surface area contributed by atoms with Crippen LogP contribution in [0.3, 0.4) is 0 Å². The fourth-order valence-electron chi connectivity index (χ4n) is 2.28. The number of carbonyl (C=O) groups excluding carboxylic acids is 1. The molecule has 1 heterocycles. The number of ketones is 1. The maximum absolute atomic E-state index is 12.3. The van der Waals surface area contributed by atoms with E-state index in [-0.39, 0.29) is 5.78 Å². The smallest absolute Gasteiger partial charge is 0.231 e. The summed E-state index contributed by atoms with van der Waals surface area (Å²) in [6, 6.07) is 12.7. The summed E-state index contributed by atoms with van der Waals surface area (Å²) in [5, 5.41) is 0. The number of rotatable bonds is 4. The van der Waals surface area contributed by atoms with E-state index in [9.17, 15) is 4.79 Å². The van der Waals surface area contributed by atoms with E-state index in [4.69, 9.17) is 14.2 Å². The van der Waals surface area contributed by atoms with Gasteiger partial charge < -0.3 is 14.2 Å². The average Bonchev–Trinajstić information content (AvgIpc) is 2.84. The highest BCUT2D eigenvalue weighted by atomic mass is 16.5. The first-order chi connectivity index (χ1) is 10.7. The Bertz CT molecular complexity index is 729. The molecule has 0 aromatic heterocycles. The highest BCUT2D eigenvalue weighted by molar-refractivity contribution is 6.14. The number of hydrogen-bond donors (Lipinski definition) is 0. The molecule has 2 aromatic rings. The minimum absolute atomic E-state index is 0.117. The van der Waals surface area contributed by atoms with E-state index in [2.05, 4.69) is 0 Å². The standard InChI is InChI=1S/C18H16O4/c1-3-21-14-8-9-15-16(11-14)22-17(18(15)19)10-12-4-6-13(20-2)7-5-12/h4-11H,3H2,1-2H3/b17-10+. The van der Waals surface area contributed by atoms with Gasteiger partial charge in [-0.05, 0) is 42.8 Å². The van der Waals surface area contributed by atoms with E-state index in [1.54, 1.807) is 31.4 Å². The quantitative estimate of drug-likeness (QED) is 0.807. The Morgan fingerprint density at radius 1 is 1.09 bits per heavy atom. The minimum atomic E-state index is -0.117. The molecule has 22 heavy (non-hydrogen) atoms. The molecule has 0 unspecified atom stereocenters. The Balaban J connectivity index is 1.87. The maximum Gasteiger partial charge on any atom is 0.231 e. The van der Waals surface area contributed by atoms with E-state index in [0.717, 1.165) is 11.3 Å². The normalized spacial score (nSPS) is 14.6. The number of hydrogen-bond acceptors (Lipinski definition) is 4. The molecule has 0 saturated carbocycles. The second-order valence-corrected chi connectivity index (χ2v) is 4.80. The van der Waals surface area contributed by atoms with Crippen molar-refractivity contribution in [1.29, 1.82) is 0 Å². The molecule has 4 heteroatoms. The lowest BCUT2D eigenvalue weighted by atomic mass is 10.1. The zero-order valence-electron chi connectivity index (χ0n) is 12.5. The molecule has 0 spiro atoms. The number of fused-ring (bicyclic) bond motifs is 1. The molecule has 3 rings (SSSR count). The molecule has 0 saturated heterocycles. The zero-order chi connectivity index (χ0) is 15.5. The molecular weight excluding hydrogens is 280 g/mol. The predicted molar refractivity (Wildman–Crippen MR) is 83.5 cm³/mol. The van der Waals surface area contributed by atoms with Gasteiger partial charge in [0.25, 0.3) is 0 Å². The van der Waals surface area contributed by atoms with Gasteiger partial charge in [0.2, 0.25) is 5.78 Å².